The number of rotatable bonds is 5. The molecule has 0 aromatic carbocycles. The first-order chi connectivity index (χ1) is 10.8. The maximum atomic E-state index is 12.1. The average molecular weight is 411 g/mol. The Balaban J connectivity index is 3.66. The smallest absolute Gasteiger partial charge is 0.302 e. The van der Waals surface area contributed by atoms with E-state index in [-0.39, 0.29) is 0 Å². The van der Waals surface area contributed by atoms with Gasteiger partial charge >= 0.3 is 5.97 Å². The van der Waals surface area contributed by atoms with Crippen LogP contribution >= 0.6 is 15.9 Å². The fourth-order valence-electron chi connectivity index (χ4n) is 2.81. The number of ether oxygens (including phenoxy) is 2. The van der Waals surface area contributed by atoms with Crippen LogP contribution in [0.3, 0.4) is 0 Å². The molecule has 0 radical (unpaired) electrons. The first kappa shape index (κ1) is 20.8. The summed E-state index contributed by atoms with van der Waals surface area (Å²) in [5.41, 5.74) is -9.21. The molecule has 5 atom stereocenters. The quantitative estimate of drug-likeness (QED) is 0.368. The van der Waals surface area contributed by atoms with E-state index in [0.717, 1.165) is 27.7 Å². The first-order valence-corrected chi connectivity index (χ1v) is 7.82. The van der Waals surface area contributed by atoms with Crippen LogP contribution < -0.4 is 0 Å². The zero-order valence-corrected chi connectivity index (χ0v) is 15.1. The van der Waals surface area contributed by atoms with Gasteiger partial charge in [0.15, 0.2) is 33.6 Å². The molecule has 24 heavy (non-hydrogen) atoms. The number of alkyl halides is 1. The molecule has 9 nitrogen and oxygen atoms in total. The SMILES string of the molecule is CC(=O)OC[C@H]1O[C@H](Br)[C@@](O)(C(C)=O)[C@](O)(C(C)=O)[C@]1(O)C(C)=O. The number of aliphatic hydroxyl groups is 3. The maximum Gasteiger partial charge on any atom is 0.302 e. The zero-order chi connectivity index (χ0) is 19.1. The van der Waals surface area contributed by atoms with Crippen LogP contribution in [0.5, 0.6) is 0 Å². The third-order valence-corrected chi connectivity index (χ3v) is 5.08. The highest BCUT2D eigenvalue weighted by Gasteiger charge is 2.77. The van der Waals surface area contributed by atoms with Gasteiger partial charge in [-0.1, -0.05) is 15.9 Å². The van der Waals surface area contributed by atoms with Crippen molar-refractivity contribution in [3.63, 3.8) is 0 Å². The number of Topliss-reactive ketones (excluding diaryl/α,β-unsaturated/α-hetero) is 3. The minimum Gasteiger partial charge on any atom is -0.463 e. The van der Waals surface area contributed by atoms with Gasteiger partial charge in [0, 0.05) is 6.92 Å². The van der Waals surface area contributed by atoms with Gasteiger partial charge in [0.05, 0.1) is 0 Å². The molecule has 0 aromatic heterocycles. The predicted molar refractivity (Wildman–Crippen MR) is 81.1 cm³/mol. The van der Waals surface area contributed by atoms with Crippen molar-refractivity contribution < 1.29 is 44.0 Å². The highest BCUT2D eigenvalue weighted by atomic mass is 79.9. The molecule has 1 heterocycles. The van der Waals surface area contributed by atoms with Crippen LogP contribution in [0.1, 0.15) is 27.7 Å². The van der Waals surface area contributed by atoms with E-state index in [0.29, 0.717) is 0 Å². The van der Waals surface area contributed by atoms with Crippen molar-refractivity contribution in [1.82, 2.24) is 0 Å². The zero-order valence-electron chi connectivity index (χ0n) is 13.5. The summed E-state index contributed by atoms with van der Waals surface area (Å²) < 4.78 is 9.91. The summed E-state index contributed by atoms with van der Waals surface area (Å²) in [6.07, 6.45) is -1.71. The molecular weight excluding hydrogens is 392 g/mol. The third kappa shape index (κ3) is 2.62. The van der Waals surface area contributed by atoms with E-state index >= 15 is 0 Å². The lowest BCUT2D eigenvalue weighted by atomic mass is 9.62. The Morgan fingerprint density at radius 1 is 0.958 bits per heavy atom. The molecule has 1 fully saturated rings. The number of hydrogen-bond acceptors (Lipinski definition) is 9. The second-order valence-corrected chi connectivity index (χ2v) is 6.49. The van der Waals surface area contributed by atoms with E-state index in [1.807, 2.05) is 0 Å². The van der Waals surface area contributed by atoms with Crippen LogP contribution in [0, 0.1) is 0 Å². The molecule has 3 N–H and O–H groups in total. The molecule has 1 aliphatic rings. The molecule has 0 bridgehead atoms. The Morgan fingerprint density at radius 3 is 1.75 bits per heavy atom. The van der Waals surface area contributed by atoms with Crippen molar-refractivity contribution in [2.45, 2.75) is 55.6 Å². The van der Waals surface area contributed by atoms with Crippen LogP contribution in [0.4, 0.5) is 0 Å². The number of carbonyl (C=O) groups excluding carboxylic acids is 4. The molecule has 136 valence electrons. The lowest BCUT2D eigenvalue weighted by molar-refractivity contribution is -0.305. The van der Waals surface area contributed by atoms with E-state index in [1.54, 1.807) is 0 Å². The van der Waals surface area contributed by atoms with Gasteiger partial charge in [0.25, 0.3) is 0 Å². The highest BCUT2D eigenvalue weighted by molar-refractivity contribution is 9.09. The van der Waals surface area contributed by atoms with Gasteiger partial charge in [-0.05, 0) is 20.8 Å². The Morgan fingerprint density at radius 2 is 1.42 bits per heavy atom. The Hall–Kier alpha value is -1.20. The van der Waals surface area contributed by atoms with Gasteiger partial charge in [-0.2, -0.15) is 0 Å². The van der Waals surface area contributed by atoms with Crippen molar-refractivity contribution in [3.8, 4) is 0 Å². The molecule has 1 aliphatic heterocycles. The largest absolute Gasteiger partial charge is 0.463 e. The van der Waals surface area contributed by atoms with E-state index in [2.05, 4.69) is 15.9 Å². The fourth-order valence-corrected chi connectivity index (χ4v) is 3.73. The summed E-state index contributed by atoms with van der Waals surface area (Å²) in [5.74, 6) is -4.28. The van der Waals surface area contributed by atoms with E-state index in [1.165, 1.54) is 0 Å². The molecule has 10 heteroatoms. The topological polar surface area (TPSA) is 147 Å². The van der Waals surface area contributed by atoms with Gasteiger partial charge < -0.3 is 24.8 Å². The minimum atomic E-state index is -3.23. The van der Waals surface area contributed by atoms with E-state index in [4.69, 9.17) is 9.47 Å². The molecular formula is C14H19BrO9. The minimum absolute atomic E-state index is 0.697. The van der Waals surface area contributed by atoms with E-state index < -0.39 is 57.8 Å². The summed E-state index contributed by atoms with van der Waals surface area (Å²) in [6.45, 7) is 2.86. The molecule has 0 spiro atoms. The Kier molecular flexibility index (Phi) is 5.73. The van der Waals surface area contributed by atoms with Gasteiger partial charge in [-0.25, -0.2) is 0 Å². The molecule has 0 aliphatic carbocycles. The number of hydrogen-bond donors (Lipinski definition) is 3. The van der Waals surface area contributed by atoms with Crippen LogP contribution in [0.25, 0.3) is 0 Å². The summed E-state index contributed by atoms with van der Waals surface area (Å²) >= 11 is 2.84. The number of halogens is 1. The lowest BCUT2D eigenvalue weighted by Crippen LogP contribution is -2.85. The first-order valence-electron chi connectivity index (χ1n) is 6.91. The molecule has 0 unspecified atom stereocenters. The van der Waals surface area contributed by atoms with Gasteiger partial charge in [-0.3, -0.25) is 19.2 Å². The second-order valence-electron chi connectivity index (χ2n) is 5.66. The summed E-state index contributed by atoms with van der Waals surface area (Å²) in [4.78, 5) is 47.2. The number of carbonyl (C=O) groups is 4. The average Bonchev–Trinajstić information content (AvgIpc) is 2.46. The van der Waals surface area contributed by atoms with Crippen LogP contribution in [0.15, 0.2) is 0 Å². The third-order valence-electron chi connectivity index (χ3n) is 4.20. The highest BCUT2D eigenvalue weighted by Crippen LogP contribution is 2.48. The van der Waals surface area contributed by atoms with Crippen LogP contribution in [-0.4, -0.2) is 73.2 Å². The number of ketones is 3. The molecule has 0 amide bonds. The van der Waals surface area contributed by atoms with Gasteiger partial charge in [-0.15, -0.1) is 0 Å². The summed E-state index contributed by atoms with van der Waals surface area (Å²) in [6, 6.07) is 0. The van der Waals surface area contributed by atoms with Crippen molar-refractivity contribution in [2.24, 2.45) is 0 Å². The Bertz CT molecular complexity index is 591. The Labute approximate surface area is 146 Å². The predicted octanol–water partition coefficient (Wildman–Crippen LogP) is -1.37. The van der Waals surface area contributed by atoms with Gasteiger partial charge in [0.1, 0.15) is 12.7 Å². The van der Waals surface area contributed by atoms with Crippen LogP contribution in [-0.2, 0) is 28.7 Å². The number of esters is 1. The van der Waals surface area contributed by atoms with Crippen molar-refractivity contribution >= 4 is 39.2 Å². The second kappa shape index (κ2) is 6.60. The van der Waals surface area contributed by atoms with E-state index in [9.17, 15) is 34.5 Å². The standard InChI is InChI=1S/C14H19BrO9/c1-6(16)12(20)10(5-23-9(4)19)24-11(15)13(21,7(2)17)14(12,22)8(3)18/h10-11,20-22H,5H2,1-4H3/t10-,11+,12+,13+,14+/m1/s1. The van der Waals surface area contributed by atoms with Crippen molar-refractivity contribution in [3.05, 3.63) is 0 Å². The molecule has 1 saturated heterocycles. The van der Waals surface area contributed by atoms with Gasteiger partial charge in [0.2, 0.25) is 5.60 Å². The van der Waals surface area contributed by atoms with Crippen LogP contribution in [0.2, 0.25) is 0 Å². The van der Waals surface area contributed by atoms with Crippen molar-refractivity contribution in [2.75, 3.05) is 6.61 Å². The normalized spacial score (nSPS) is 39.2. The molecule has 0 aromatic rings. The monoisotopic (exact) mass is 410 g/mol. The van der Waals surface area contributed by atoms with Crippen molar-refractivity contribution in [1.29, 1.82) is 0 Å². The summed E-state index contributed by atoms with van der Waals surface area (Å²) in [7, 11) is 0. The lowest BCUT2D eigenvalue weighted by Gasteiger charge is -2.56. The molecule has 1 rings (SSSR count). The molecule has 0 saturated carbocycles. The maximum absolute atomic E-state index is 12.1. The summed E-state index contributed by atoms with van der Waals surface area (Å²) in [5, 5.41) is 30.8. The fraction of sp³-hybridized carbons (Fsp3) is 0.714.